The molecule has 0 aliphatic rings. The smallest absolute Gasteiger partial charge is 0.462 e. The molecule has 3 N–H and O–H groups in total. The highest BCUT2D eigenvalue weighted by molar-refractivity contribution is 7.47. The van der Waals surface area contributed by atoms with Gasteiger partial charge in [0.25, 0.3) is 0 Å². The summed E-state index contributed by atoms with van der Waals surface area (Å²) in [7, 11) is -9.98. The molecule has 0 saturated carbocycles. The normalized spacial score (nSPS) is 14.5. The molecule has 586 valence electrons. The zero-order valence-corrected chi connectivity index (χ0v) is 65.8. The van der Waals surface area contributed by atoms with Gasteiger partial charge in [0.05, 0.1) is 26.4 Å². The van der Waals surface area contributed by atoms with Crippen LogP contribution in [0.2, 0.25) is 0 Å². The van der Waals surface area contributed by atoms with Crippen molar-refractivity contribution in [2.45, 2.75) is 341 Å². The number of unbranched alkanes of at least 4 members (excludes halogenated alkanes) is 28. The molecule has 0 amide bonds. The largest absolute Gasteiger partial charge is 0.472 e. The Balaban J connectivity index is 5.42. The third kappa shape index (κ3) is 73.8. The number of ether oxygens (including phenoxy) is 4. The fourth-order valence-corrected chi connectivity index (χ4v) is 12.0. The predicted octanol–water partition coefficient (Wildman–Crippen LogP) is 23.1. The summed E-state index contributed by atoms with van der Waals surface area (Å²) in [5.41, 5.74) is 0. The molecule has 19 heteroatoms. The maximum atomic E-state index is 13.1. The first-order chi connectivity index (χ1) is 49.7. The van der Waals surface area contributed by atoms with Crippen molar-refractivity contribution < 1.29 is 80.2 Å². The van der Waals surface area contributed by atoms with Gasteiger partial charge >= 0.3 is 39.5 Å². The minimum atomic E-state index is -4.99. The lowest BCUT2D eigenvalue weighted by Gasteiger charge is -2.21. The second kappa shape index (κ2) is 74.7. The van der Waals surface area contributed by atoms with Crippen molar-refractivity contribution in [2.24, 2.45) is 0 Å². The van der Waals surface area contributed by atoms with Crippen LogP contribution in [-0.2, 0) is 65.4 Å². The molecule has 0 radical (unpaired) electrons. The van der Waals surface area contributed by atoms with E-state index in [1.165, 1.54) is 70.6 Å². The van der Waals surface area contributed by atoms with E-state index < -0.39 is 97.5 Å². The Morgan fingerprint density at radius 2 is 0.520 bits per heavy atom. The zero-order valence-electron chi connectivity index (χ0n) is 64.0. The van der Waals surface area contributed by atoms with Crippen LogP contribution in [0.1, 0.15) is 323 Å². The third-order valence-corrected chi connectivity index (χ3v) is 18.3. The fraction of sp³-hybridized carbons (Fsp3) is 0.711. The second-order valence-electron chi connectivity index (χ2n) is 26.2. The number of aliphatic hydroxyl groups excluding tert-OH is 1. The molecule has 0 aliphatic carbocycles. The summed E-state index contributed by atoms with van der Waals surface area (Å²) in [5, 5.41) is 10.6. The van der Waals surface area contributed by atoms with Crippen LogP contribution in [0, 0.1) is 0 Å². The van der Waals surface area contributed by atoms with Crippen molar-refractivity contribution >= 4 is 39.5 Å². The van der Waals surface area contributed by atoms with Gasteiger partial charge in [-0.25, -0.2) is 9.13 Å². The van der Waals surface area contributed by atoms with Crippen molar-refractivity contribution in [3.63, 3.8) is 0 Å². The summed E-state index contributed by atoms with van der Waals surface area (Å²) in [6.45, 7) is 4.56. The molecule has 0 aromatic heterocycles. The number of carbonyl (C=O) groups is 4. The van der Waals surface area contributed by atoms with Crippen LogP contribution < -0.4 is 0 Å². The molecule has 0 bridgehead atoms. The van der Waals surface area contributed by atoms with Crippen molar-refractivity contribution in [1.29, 1.82) is 0 Å². The number of rotatable bonds is 74. The van der Waals surface area contributed by atoms with Gasteiger partial charge in [-0.15, -0.1) is 0 Å². The first kappa shape index (κ1) is 97.5. The zero-order chi connectivity index (χ0) is 74.6. The first-order valence-corrected chi connectivity index (χ1v) is 42.8. The molecule has 102 heavy (non-hydrogen) atoms. The van der Waals surface area contributed by atoms with E-state index in [1.54, 1.807) is 0 Å². The summed E-state index contributed by atoms with van der Waals surface area (Å²) in [5.74, 6) is -2.26. The van der Waals surface area contributed by atoms with E-state index in [2.05, 4.69) is 137 Å². The molecule has 5 atom stereocenters. The molecule has 0 rings (SSSR count). The maximum Gasteiger partial charge on any atom is 0.472 e. The number of hydrogen-bond donors (Lipinski definition) is 3. The number of phosphoric acid groups is 2. The number of allylic oxidation sites excluding steroid dienone is 20. The standard InChI is InChI=1S/C83H142O17P2/c1-5-9-13-17-21-25-29-33-36-38-41-45-48-52-56-60-64-68-81(86)94-74-79(100-83(88)70-66-62-58-54-50-46-42-39-37-34-30-26-22-18-14-10-6-2)76-98-102(91,92)96-72-77(84)71-95-101(89,90)97-75-78(99-82(87)69-65-61-57-53-49-43-32-28-24-20-16-12-8-4)73-93-80(85)67-63-59-55-51-47-44-40-35-31-27-23-19-15-11-7-3/h9-10,13-14,21-23,25-27,33-37,40-41,45,52,56,77-79,84H,5-8,11-12,15-20,24,28-32,38-39,42-44,46-51,53-55,57-76H2,1-4H3,(H,89,90)(H,91,92)/b13-9-,14-10-,25-21-,26-22-,27-23-,36-33-,37-34-,40-35-,45-41-,56-52-. The van der Waals surface area contributed by atoms with Gasteiger partial charge in [0.1, 0.15) is 19.3 Å². The molecule has 0 aliphatic heterocycles. The van der Waals surface area contributed by atoms with Crippen LogP contribution >= 0.6 is 15.6 Å². The number of carbonyl (C=O) groups excluding carboxylic acids is 4. The molecule has 5 unspecified atom stereocenters. The Bertz CT molecular complexity index is 2410. The van der Waals surface area contributed by atoms with Crippen LogP contribution in [0.4, 0.5) is 0 Å². The Morgan fingerprint density at radius 1 is 0.284 bits per heavy atom. The van der Waals surface area contributed by atoms with Gasteiger partial charge in [-0.1, -0.05) is 290 Å². The van der Waals surface area contributed by atoms with Crippen LogP contribution in [0.15, 0.2) is 122 Å². The molecule has 0 aromatic carbocycles. The van der Waals surface area contributed by atoms with E-state index in [4.69, 9.17) is 37.0 Å². The molecule has 0 fully saturated rings. The summed E-state index contributed by atoms with van der Waals surface area (Å²) < 4.78 is 68.5. The predicted molar refractivity (Wildman–Crippen MR) is 418 cm³/mol. The molecular weight excluding hydrogens is 1330 g/mol. The highest BCUT2D eigenvalue weighted by Gasteiger charge is 2.30. The number of hydrogen-bond acceptors (Lipinski definition) is 15. The minimum absolute atomic E-state index is 0.0692. The lowest BCUT2D eigenvalue weighted by molar-refractivity contribution is -0.161. The number of esters is 4. The fourth-order valence-electron chi connectivity index (χ4n) is 10.4. The molecule has 17 nitrogen and oxygen atoms in total. The third-order valence-electron chi connectivity index (χ3n) is 16.4. The van der Waals surface area contributed by atoms with Crippen LogP contribution in [0.25, 0.3) is 0 Å². The molecule has 0 aromatic rings. The van der Waals surface area contributed by atoms with E-state index >= 15 is 0 Å². The lowest BCUT2D eigenvalue weighted by atomic mass is 10.0. The lowest BCUT2D eigenvalue weighted by Crippen LogP contribution is -2.30. The summed E-state index contributed by atoms with van der Waals surface area (Å²) >= 11 is 0. The Labute approximate surface area is 619 Å². The van der Waals surface area contributed by atoms with Gasteiger partial charge in [-0.2, -0.15) is 0 Å². The molecule has 0 saturated heterocycles. The van der Waals surface area contributed by atoms with Crippen molar-refractivity contribution in [1.82, 2.24) is 0 Å². The highest BCUT2D eigenvalue weighted by Crippen LogP contribution is 2.45. The van der Waals surface area contributed by atoms with Crippen molar-refractivity contribution in [3.05, 3.63) is 122 Å². The van der Waals surface area contributed by atoms with E-state index in [0.717, 1.165) is 167 Å². The van der Waals surface area contributed by atoms with E-state index in [-0.39, 0.29) is 25.7 Å². The van der Waals surface area contributed by atoms with Crippen molar-refractivity contribution in [2.75, 3.05) is 39.6 Å². The number of aliphatic hydroxyl groups is 1. The van der Waals surface area contributed by atoms with E-state index in [0.29, 0.717) is 32.1 Å². The maximum absolute atomic E-state index is 13.1. The Hall–Kier alpha value is -4.54. The van der Waals surface area contributed by atoms with Gasteiger partial charge < -0.3 is 33.8 Å². The summed E-state index contributed by atoms with van der Waals surface area (Å²) in [6.07, 6.45) is 81.8. The molecular formula is C83H142O17P2. The van der Waals surface area contributed by atoms with Gasteiger partial charge in [-0.3, -0.25) is 37.3 Å². The monoisotopic (exact) mass is 1470 g/mol. The first-order valence-electron chi connectivity index (χ1n) is 39.8. The quantitative estimate of drug-likeness (QED) is 0.0169. The highest BCUT2D eigenvalue weighted by atomic mass is 31.2. The summed E-state index contributed by atoms with van der Waals surface area (Å²) in [4.78, 5) is 73.0. The molecule has 0 spiro atoms. The van der Waals surface area contributed by atoms with Crippen molar-refractivity contribution in [3.8, 4) is 0 Å². The topological polar surface area (TPSA) is 237 Å². The van der Waals surface area contributed by atoms with Crippen LogP contribution in [0.3, 0.4) is 0 Å². The van der Waals surface area contributed by atoms with Crippen LogP contribution in [-0.4, -0.2) is 96.7 Å². The Kier molecular flexibility index (Phi) is 71.4. The van der Waals surface area contributed by atoms with E-state index in [9.17, 15) is 43.2 Å². The molecule has 0 heterocycles. The average Bonchev–Trinajstić information content (AvgIpc) is 0.959. The SMILES string of the molecule is CC/C=C\C/C=C\C/C=C\C/C=C\C/C=C\CCCC(=O)OCC(COP(=O)(O)OCC(O)COP(=O)(O)OCC(COC(=O)CCCCCCC/C=C\C/C=C\CCCCC)OC(=O)CCCCCCCCCCCCCCC)OC(=O)CCCCCCCCC/C=C\C/C=C\C/C=C\CC. The van der Waals surface area contributed by atoms with Gasteiger partial charge in [0.2, 0.25) is 0 Å². The average molecular weight is 1470 g/mol. The van der Waals surface area contributed by atoms with Gasteiger partial charge in [0, 0.05) is 25.7 Å². The van der Waals surface area contributed by atoms with Crippen LogP contribution in [0.5, 0.6) is 0 Å². The van der Waals surface area contributed by atoms with E-state index in [1.807, 2.05) is 12.2 Å². The number of phosphoric ester groups is 2. The second-order valence-corrected chi connectivity index (χ2v) is 29.2. The van der Waals surface area contributed by atoms with Gasteiger partial charge in [0.15, 0.2) is 12.2 Å². The minimum Gasteiger partial charge on any atom is -0.462 e. The Morgan fingerprint density at radius 3 is 0.843 bits per heavy atom. The summed E-state index contributed by atoms with van der Waals surface area (Å²) in [6, 6.07) is 0. The van der Waals surface area contributed by atoms with Gasteiger partial charge in [-0.05, 0) is 128 Å².